The number of hydrogen-bond donors (Lipinski definition) is 2. The first-order chi connectivity index (χ1) is 24.2. The summed E-state index contributed by atoms with van der Waals surface area (Å²) < 4.78 is 4.96. The van der Waals surface area contributed by atoms with Crippen molar-refractivity contribution in [3.63, 3.8) is 0 Å². The first kappa shape index (κ1) is 34.1. The molecular formula is C38H42N10O2. The van der Waals surface area contributed by atoms with Gasteiger partial charge in [-0.15, -0.1) is 0 Å². The number of hydrogen-bond acceptors (Lipinski definition) is 8. The lowest BCUT2D eigenvalue weighted by Gasteiger charge is -2.32. The highest BCUT2D eigenvalue weighted by Gasteiger charge is 2.25. The second kappa shape index (κ2) is 14.8. The number of pyridine rings is 1. The summed E-state index contributed by atoms with van der Waals surface area (Å²) >= 11 is 0. The quantitative estimate of drug-likeness (QED) is 0.181. The van der Waals surface area contributed by atoms with E-state index in [9.17, 15) is 9.59 Å². The minimum Gasteiger partial charge on any atom is -0.381 e. The maximum absolute atomic E-state index is 14.5. The molecular weight excluding hydrogens is 628 g/mol. The van der Waals surface area contributed by atoms with Gasteiger partial charge < -0.3 is 20.9 Å². The number of nitrogen functional groups attached to an aromatic ring is 1. The van der Waals surface area contributed by atoms with Gasteiger partial charge in [0.2, 0.25) is 0 Å². The van der Waals surface area contributed by atoms with E-state index in [-0.39, 0.29) is 16.9 Å². The van der Waals surface area contributed by atoms with Crippen LogP contribution in [0, 0.1) is 11.8 Å². The molecule has 50 heavy (non-hydrogen) atoms. The van der Waals surface area contributed by atoms with Crippen LogP contribution in [0.5, 0.6) is 0 Å². The fraction of sp³-hybridized carbons (Fsp3) is 0.289. The van der Waals surface area contributed by atoms with E-state index in [0.29, 0.717) is 33.5 Å². The van der Waals surface area contributed by atoms with Gasteiger partial charge in [0.15, 0.2) is 11.6 Å². The van der Waals surface area contributed by atoms with Crippen LogP contribution in [0.1, 0.15) is 45.8 Å². The number of piperazine rings is 1. The molecule has 12 heteroatoms. The number of aliphatic imine (C=N–C) groups is 1. The number of rotatable bonds is 9. The molecule has 256 valence electrons. The number of anilines is 1. The second-order valence-electron chi connectivity index (χ2n) is 12.5. The van der Waals surface area contributed by atoms with Crippen LogP contribution >= 0.6 is 0 Å². The smallest absolute Gasteiger partial charge is 0.264 e. The molecule has 0 bridgehead atoms. The van der Waals surface area contributed by atoms with Gasteiger partial charge in [0.25, 0.3) is 11.5 Å². The number of carbonyl (C=O) groups is 1. The molecule has 5 aromatic rings. The third kappa shape index (κ3) is 7.01. The summed E-state index contributed by atoms with van der Waals surface area (Å²) in [5.74, 6) is 6.51. The molecule has 4 heterocycles. The summed E-state index contributed by atoms with van der Waals surface area (Å²) in [4.78, 5) is 37.3. The molecule has 12 nitrogen and oxygen atoms in total. The van der Waals surface area contributed by atoms with Crippen molar-refractivity contribution in [2.75, 3.05) is 45.5 Å². The molecule has 1 aliphatic heterocycles. The summed E-state index contributed by atoms with van der Waals surface area (Å²) in [5.41, 5.74) is 9.81. The molecule has 1 fully saturated rings. The first-order valence-corrected chi connectivity index (χ1v) is 16.6. The van der Waals surface area contributed by atoms with Crippen LogP contribution in [-0.2, 0) is 20.5 Å². The molecule has 3 aromatic heterocycles. The average molecular weight is 671 g/mol. The molecule has 6 rings (SSSR count). The van der Waals surface area contributed by atoms with Crippen molar-refractivity contribution in [3.05, 3.63) is 112 Å². The van der Waals surface area contributed by atoms with Crippen LogP contribution in [0.4, 0.5) is 11.6 Å². The molecule has 1 amide bonds. The lowest BCUT2D eigenvalue weighted by molar-refractivity contribution is 0.0940. The Bertz CT molecular complexity index is 2190. The molecule has 3 N–H and O–H groups in total. The number of amides is 1. The minimum absolute atomic E-state index is 0.0479. The zero-order chi connectivity index (χ0) is 35.4. The predicted octanol–water partition coefficient (Wildman–Crippen LogP) is 3.61. The highest BCUT2D eigenvalue weighted by molar-refractivity contribution is 6.03. The topological polar surface area (TPSA) is 132 Å². The zero-order valence-electron chi connectivity index (χ0n) is 28.9. The molecule has 0 saturated carbocycles. The Hall–Kier alpha value is -5.77. The van der Waals surface area contributed by atoms with Gasteiger partial charge in [-0.05, 0) is 43.6 Å². The van der Waals surface area contributed by atoms with E-state index >= 15 is 0 Å². The largest absolute Gasteiger partial charge is 0.381 e. The van der Waals surface area contributed by atoms with Crippen molar-refractivity contribution in [3.8, 4) is 17.5 Å². The normalized spacial score (nSPS) is 14.5. The van der Waals surface area contributed by atoms with Gasteiger partial charge >= 0.3 is 0 Å². The number of nitrogens with two attached hydrogens (primary N) is 1. The maximum Gasteiger partial charge on any atom is 0.264 e. The van der Waals surface area contributed by atoms with Gasteiger partial charge in [-0.25, -0.2) is 9.67 Å². The number of carbonyl (C=O) groups excluding carboxylic acids is 1. The Morgan fingerprint density at radius 3 is 2.52 bits per heavy atom. The van der Waals surface area contributed by atoms with Crippen molar-refractivity contribution >= 4 is 34.5 Å². The van der Waals surface area contributed by atoms with E-state index in [1.165, 1.54) is 17.0 Å². The highest BCUT2D eigenvalue weighted by Crippen LogP contribution is 2.27. The summed E-state index contributed by atoms with van der Waals surface area (Å²) in [6, 6.07) is 16.3. The number of nitrogens with zero attached hydrogens (tertiary/aromatic N) is 8. The third-order valence-corrected chi connectivity index (χ3v) is 9.11. The predicted molar refractivity (Wildman–Crippen MR) is 198 cm³/mol. The molecule has 0 aliphatic carbocycles. The molecule has 1 atom stereocenters. The number of allylic oxidation sites excluding steroid dienone is 1. The van der Waals surface area contributed by atoms with Crippen molar-refractivity contribution in [1.82, 2.24) is 39.2 Å². The summed E-state index contributed by atoms with van der Waals surface area (Å²) in [6.07, 6.45) is 5.61. The zero-order valence-corrected chi connectivity index (χ0v) is 28.9. The van der Waals surface area contributed by atoms with E-state index in [2.05, 4.69) is 55.8 Å². The van der Waals surface area contributed by atoms with Gasteiger partial charge in [-0.3, -0.25) is 18.8 Å². The van der Waals surface area contributed by atoms with Crippen LogP contribution in [0.25, 0.3) is 16.5 Å². The fourth-order valence-corrected chi connectivity index (χ4v) is 6.35. The first-order valence-electron chi connectivity index (χ1n) is 16.6. The summed E-state index contributed by atoms with van der Waals surface area (Å²) in [6.45, 7) is 10.6. The molecule has 1 saturated heterocycles. The Morgan fingerprint density at radius 2 is 1.78 bits per heavy atom. The number of aryl methyl sites for hydroxylation is 2. The number of nitrogens with one attached hydrogen (secondary N) is 1. The Morgan fingerprint density at radius 1 is 1.04 bits per heavy atom. The van der Waals surface area contributed by atoms with E-state index in [1.54, 1.807) is 17.8 Å². The van der Waals surface area contributed by atoms with Gasteiger partial charge in [-0.1, -0.05) is 54.8 Å². The van der Waals surface area contributed by atoms with Gasteiger partial charge in [0, 0.05) is 76.4 Å². The van der Waals surface area contributed by atoms with Gasteiger partial charge in [0.05, 0.1) is 28.9 Å². The van der Waals surface area contributed by atoms with Crippen molar-refractivity contribution in [2.45, 2.75) is 19.4 Å². The lowest BCUT2D eigenvalue weighted by Crippen LogP contribution is -2.45. The van der Waals surface area contributed by atoms with Crippen LogP contribution in [0.2, 0.25) is 0 Å². The van der Waals surface area contributed by atoms with Crippen LogP contribution in [-0.4, -0.2) is 85.8 Å². The summed E-state index contributed by atoms with van der Waals surface area (Å²) in [7, 11) is 5.76. The van der Waals surface area contributed by atoms with Crippen LogP contribution in [0.3, 0.4) is 0 Å². The van der Waals surface area contributed by atoms with Crippen molar-refractivity contribution in [2.24, 2.45) is 19.1 Å². The highest BCUT2D eigenvalue weighted by atomic mass is 16.2. The monoisotopic (exact) mass is 670 g/mol. The standard InChI is InChI=1S/C38H42N10O2/c1-6-18-40-36-34(35(39)43-46(36)5)37(49)42-26(2)32-24-28-12-10-11-27(33(28)38(50)48(32)30-13-8-7-9-14-30)15-16-29-25-41-45(4)31(29)17-19-47-22-20-44(3)21-23-47/h6-14,18,24-26H,1,17,19-23H2,2-5H3,(H2,39,43)(H,42,49)/b40-18-. The third-order valence-electron chi connectivity index (χ3n) is 9.11. The Kier molecular flexibility index (Phi) is 10.1. The number of fused-ring (bicyclic) bond motifs is 1. The average Bonchev–Trinajstić information content (AvgIpc) is 3.61. The molecule has 0 radical (unpaired) electrons. The maximum atomic E-state index is 14.5. The van der Waals surface area contributed by atoms with E-state index < -0.39 is 11.9 Å². The molecule has 0 spiro atoms. The SMILES string of the molecule is C=C/C=N\c1c(C(=O)NC(C)c2cc3cccc(C#Cc4cnn(C)c4CCN4CCN(C)CC4)c3c(=O)n2-c2ccccc2)c(N)nn1C. The molecule has 1 aliphatic rings. The van der Waals surface area contributed by atoms with Crippen LogP contribution in [0.15, 0.2) is 83.2 Å². The summed E-state index contributed by atoms with van der Waals surface area (Å²) in [5, 5.41) is 12.9. The van der Waals surface area contributed by atoms with E-state index in [1.807, 2.05) is 73.3 Å². The molecule has 2 aromatic carbocycles. The number of para-hydroxylation sites is 1. The van der Waals surface area contributed by atoms with E-state index in [4.69, 9.17) is 5.73 Å². The van der Waals surface area contributed by atoms with Crippen molar-refractivity contribution in [1.29, 1.82) is 0 Å². The lowest BCUT2D eigenvalue weighted by atomic mass is 10.0. The Balaban J connectivity index is 1.37. The Labute approximate surface area is 291 Å². The van der Waals surface area contributed by atoms with E-state index in [0.717, 1.165) is 50.4 Å². The van der Waals surface area contributed by atoms with Gasteiger partial charge in [-0.2, -0.15) is 10.2 Å². The van der Waals surface area contributed by atoms with Crippen molar-refractivity contribution < 1.29 is 4.79 Å². The number of likely N-dealkylation sites (N-methyl/N-ethyl adjacent to an activating group) is 1. The van der Waals surface area contributed by atoms with Crippen LogP contribution < -0.4 is 16.6 Å². The number of aromatic nitrogens is 5. The minimum atomic E-state index is -0.608. The second-order valence-corrected chi connectivity index (χ2v) is 12.5. The molecule has 1 unspecified atom stereocenters. The fourth-order valence-electron chi connectivity index (χ4n) is 6.35. The number of benzene rings is 2. The van der Waals surface area contributed by atoms with Gasteiger partial charge in [0.1, 0.15) is 5.56 Å².